The van der Waals surface area contributed by atoms with Crippen LogP contribution < -0.4 is 10.6 Å². The molecule has 2 amide bonds. The molecule has 0 heterocycles. The first kappa shape index (κ1) is 25.3. The zero-order valence-electron chi connectivity index (χ0n) is 19.5. The second-order valence-electron chi connectivity index (χ2n) is 8.20. The number of carbonyl (C=O) groups is 3. The molecule has 0 aliphatic rings. The SMILES string of the molecule is Cc1ccc(Cl)cc1NC(=O)C(C)Sc1ccc(NC(=O)c2cccc3cccc(C(=O)O)c23)cc1. The van der Waals surface area contributed by atoms with Crippen LogP contribution in [-0.2, 0) is 4.79 Å². The largest absolute Gasteiger partial charge is 0.478 e. The van der Waals surface area contributed by atoms with Crippen molar-refractivity contribution >= 4 is 63.3 Å². The van der Waals surface area contributed by atoms with Gasteiger partial charge in [-0.15, -0.1) is 11.8 Å². The highest BCUT2D eigenvalue weighted by atomic mass is 35.5. The summed E-state index contributed by atoms with van der Waals surface area (Å²) in [5.74, 6) is -1.64. The van der Waals surface area contributed by atoms with E-state index in [0.717, 1.165) is 10.5 Å². The lowest BCUT2D eigenvalue weighted by Crippen LogP contribution is -2.22. The summed E-state index contributed by atoms with van der Waals surface area (Å²) in [5.41, 5.74) is 2.51. The third kappa shape index (κ3) is 5.70. The Labute approximate surface area is 217 Å². The van der Waals surface area contributed by atoms with Gasteiger partial charge in [0.25, 0.3) is 5.91 Å². The summed E-state index contributed by atoms with van der Waals surface area (Å²) in [7, 11) is 0. The maximum Gasteiger partial charge on any atom is 0.336 e. The zero-order chi connectivity index (χ0) is 25.8. The molecule has 0 bridgehead atoms. The number of thioether (sulfide) groups is 1. The van der Waals surface area contributed by atoms with E-state index in [1.165, 1.54) is 17.8 Å². The molecule has 0 radical (unpaired) electrons. The van der Waals surface area contributed by atoms with Crippen LogP contribution in [0.15, 0.2) is 83.8 Å². The normalized spacial score (nSPS) is 11.6. The number of aromatic carboxylic acids is 1. The van der Waals surface area contributed by atoms with E-state index in [4.69, 9.17) is 11.6 Å². The van der Waals surface area contributed by atoms with Gasteiger partial charge in [-0.3, -0.25) is 9.59 Å². The Balaban J connectivity index is 1.44. The highest BCUT2D eigenvalue weighted by Crippen LogP contribution is 2.28. The first-order chi connectivity index (χ1) is 17.2. The summed E-state index contributed by atoms with van der Waals surface area (Å²) >= 11 is 7.43. The molecule has 4 aromatic carbocycles. The van der Waals surface area contributed by atoms with Crippen LogP contribution in [0.1, 0.15) is 33.2 Å². The highest BCUT2D eigenvalue weighted by molar-refractivity contribution is 8.00. The van der Waals surface area contributed by atoms with Gasteiger partial charge in [-0.05, 0) is 73.3 Å². The fourth-order valence-corrected chi connectivity index (χ4v) is 4.78. The summed E-state index contributed by atoms with van der Waals surface area (Å²) < 4.78 is 0. The smallest absolute Gasteiger partial charge is 0.336 e. The Morgan fingerprint density at radius 2 is 1.56 bits per heavy atom. The van der Waals surface area contributed by atoms with Gasteiger partial charge in [-0.1, -0.05) is 41.9 Å². The number of halogens is 1. The molecular formula is C28H23ClN2O4S. The summed E-state index contributed by atoms with van der Waals surface area (Å²) in [6.45, 7) is 3.72. The van der Waals surface area contributed by atoms with Crippen molar-refractivity contribution in [2.75, 3.05) is 10.6 Å². The molecule has 182 valence electrons. The molecule has 8 heteroatoms. The molecule has 1 atom stereocenters. The third-order valence-electron chi connectivity index (χ3n) is 5.63. The fraction of sp³-hybridized carbons (Fsp3) is 0.107. The van der Waals surface area contributed by atoms with Crippen LogP contribution in [0.2, 0.25) is 5.02 Å². The first-order valence-corrected chi connectivity index (χ1v) is 12.4. The molecule has 0 spiro atoms. The Morgan fingerprint density at radius 1 is 0.889 bits per heavy atom. The fourth-order valence-electron chi connectivity index (χ4n) is 3.74. The lowest BCUT2D eigenvalue weighted by atomic mass is 9.98. The number of benzene rings is 4. The molecule has 0 saturated heterocycles. The average Bonchev–Trinajstić information content (AvgIpc) is 2.86. The highest BCUT2D eigenvalue weighted by Gasteiger charge is 2.18. The molecule has 1 unspecified atom stereocenters. The van der Waals surface area contributed by atoms with Gasteiger partial charge < -0.3 is 15.7 Å². The van der Waals surface area contributed by atoms with E-state index in [9.17, 15) is 19.5 Å². The van der Waals surface area contributed by atoms with Crippen molar-refractivity contribution < 1.29 is 19.5 Å². The number of aryl methyl sites for hydroxylation is 1. The average molecular weight is 519 g/mol. The molecule has 0 aliphatic carbocycles. The van der Waals surface area contributed by atoms with E-state index in [1.807, 2.05) is 32.0 Å². The topological polar surface area (TPSA) is 95.5 Å². The molecule has 0 aromatic heterocycles. The Morgan fingerprint density at radius 3 is 2.22 bits per heavy atom. The maximum atomic E-state index is 13.0. The van der Waals surface area contributed by atoms with E-state index >= 15 is 0 Å². The molecule has 6 nitrogen and oxygen atoms in total. The zero-order valence-corrected chi connectivity index (χ0v) is 21.1. The molecule has 0 fully saturated rings. The van der Waals surface area contributed by atoms with Gasteiger partial charge in [0.1, 0.15) is 0 Å². The minimum atomic E-state index is -1.09. The van der Waals surface area contributed by atoms with E-state index < -0.39 is 11.9 Å². The van der Waals surface area contributed by atoms with Crippen molar-refractivity contribution in [2.24, 2.45) is 0 Å². The minimum Gasteiger partial charge on any atom is -0.478 e. The van der Waals surface area contributed by atoms with Gasteiger partial charge in [0.15, 0.2) is 0 Å². The lowest BCUT2D eigenvalue weighted by Gasteiger charge is -2.14. The van der Waals surface area contributed by atoms with Crippen molar-refractivity contribution in [1.29, 1.82) is 0 Å². The number of carbonyl (C=O) groups excluding carboxylic acids is 2. The van der Waals surface area contributed by atoms with Gasteiger partial charge in [0.05, 0.1) is 10.8 Å². The van der Waals surface area contributed by atoms with E-state index in [-0.39, 0.29) is 22.3 Å². The number of carboxylic acid groups (broad SMARTS) is 1. The monoisotopic (exact) mass is 518 g/mol. The molecule has 3 N–H and O–H groups in total. The standard InChI is InChI=1S/C28H23ClN2O4S/c1-16-9-10-19(29)15-24(16)31-26(32)17(2)36-21-13-11-20(12-14-21)30-27(33)22-7-3-5-18-6-4-8-23(25(18)22)28(34)35/h3-15,17H,1-2H3,(H,30,33)(H,31,32)(H,34,35). The van der Waals surface area contributed by atoms with Crippen molar-refractivity contribution in [1.82, 2.24) is 0 Å². The Kier molecular flexibility index (Phi) is 7.62. The number of hydrogen-bond acceptors (Lipinski definition) is 4. The predicted molar refractivity (Wildman–Crippen MR) is 145 cm³/mol. The van der Waals surface area contributed by atoms with Gasteiger partial charge >= 0.3 is 5.97 Å². The van der Waals surface area contributed by atoms with Crippen LogP contribution in [0.4, 0.5) is 11.4 Å². The lowest BCUT2D eigenvalue weighted by molar-refractivity contribution is -0.115. The summed E-state index contributed by atoms with van der Waals surface area (Å²) in [5, 5.41) is 16.6. The minimum absolute atomic E-state index is 0.0743. The van der Waals surface area contributed by atoms with E-state index in [2.05, 4.69) is 10.6 Å². The summed E-state index contributed by atoms with van der Waals surface area (Å²) in [4.78, 5) is 38.2. The Hall–Kier alpha value is -3.81. The molecule has 36 heavy (non-hydrogen) atoms. The molecule has 4 aromatic rings. The number of anilines is 2. The quantitative estimate of drug-likeness (QED) is 0.232. The number of carboxylic acids is 1. The van der Waals surface area contributed by atoms with Gasteiger partial charge in [-0.2, -0.15) is 0 Å². The van der Waals surface area contributed by atoms with Gasteiger partial charge in [0.2, 0.25) is 5.91 Å². The number of hydrogen-bond donors (Lipinski definition) is 3. The van der Waals surface area contributed by atoms with E-state index in [1.54, 1.807) is 54.6 Å². The van der Waals surface area contributed by atoms with Crippen LogP contribution in [0.3, 0.4) is 0 Å². The second-order valence-corrected chi connectivity index (χ2v) is 10.1. The van der Waals surface area contributed by atoms with Crippen molar-refractivity contribution in [3.8, 4) is 0 Å². The first-order valence-electron chi connectivity index (χ1n) is 11.1. The number of amides is 2. The van der Waals surface area contributed by atoms with Gasteiger partial charge in [-0.25, -0.2) is 4.79 Å². The number of nitrogens with one attached hydrogen (secondary N) is 2. The van der Waals surface area contributed by atoms with Crippen molar-refractivity contribution in [3.63, 3.8) is 0 Å². The molecular weight excluding hydrogens is 496 g/mol. The summed E-state index contributed by atoms with van der Waals surface area (Å²) in [6.07, 6.45) is 0. The van der Waals surface area contributed by atoms with Crippen molar-refractivity contribution in [3.05, 3.63) is 101 Å². The van der Waals surface area contributed by atoms with Crippen LogP contribution in [0.5, 0.6) is 0 Å². The van der Waals surface area contributed by atoms with Crippen molar-refractivity contribution in [2.45, 2.75) is 24.0 Å². The van der Waals surface area contributed by atoms with Crippen LogP contribution >= 0.6 is 23.4 Å². The molecule has 0 aliphatic heterocycles. The molecule has 0 saturated carbocycles. The van der Waals surface area contributed by atoms with E-state index in [0.29, 0.717) is 27.2 Å². The summed E-state index contributed by atoms with van der Waals surface area (Å²) in [6, 6.07) is 22.5. The molecule has 4 rings (SSSR count). The Bertz CT molecular complexity index is 1470. The maximum absolute atomic E-state index is 13.0. The second kappa shape index (κ2) is 10.8. The van der Waals surface area contributed by atoms with Gasteiger partial charge in [0, 0.05) is 32.2 Å². The number of rotatable bonds is 7. The predicted octanol–water partition coefficient (Wildman–Crippen LogP) is 6.87. The third-order valence-corrected chi connectivity index (χ3v) is 6.98. The van der Waals surface area contributed by atoms with Crippen LogP contribution in [-0.4, -0.2) is 28.1 Å². The van der Waals surface area contributed by atoms with Crippen LogP contribution in [0, 0.1) is 6.92 Å². The number of fused-ring (bicyclic) bond motifs is 1. The van der Waals surface area contributed by atoms with Crippen LogP contribution in [0.25, 0.3) is 10.8 Å².